The van der Waals surface area contributed by atoms with Gasteiger partial charge in [0.05, 0.1) is 36.2 Å². The molecule has 1 aromatic heterocycles. The van der Waals surface area contributed by atoms with Crippen molar-refractivity contribution < 1.29 is 23.5 Å². The minimum Gasteiger partial charge on any atom is -0.493 e. The van der Waals surface area contributed by atoms with Gasteiger partial charge in [-0.2, -0.15) is 5.10 Å². The number of ether oxygens (including phenoxy) is 2. The van der Waals surface area contributed by atoms with E-state index in [0.29, 0.717) is 47.0 Å². The number of rotatable bonds is 6. The third-order valence-electron chi connectivity index (χ3n) is 6.27. The number of aromatic nitrogens is 2. The van der Waals surface area contributed by atoms with Crippen LogP contribution >= 0.6 is 11.6 Å². The second-order valence-corrected chi connectivity index (χ2v) is 8.85. The van der Waals surface area contributed by atoms with E-state index in [0.717, 1.165) is 11.1 Å². The minimum atomic E-state index is -0.645. The van der Waals surface area contributed by atoms with Gasteiger partial charge in [-0.1, -0.05) is 17.7 Å². The zero-order chi connectivity index (χ0) is 26.3. The van der Waals surface area contributed by atoms with Crippen LogP contribution in [-0.4, -0.2) is 35.8 Å². The minimum absolute atomic E-state index is 0.163. The summed E-state index contributed by atoms with van der Waals surface area (Å²) in [6, 6.07) is 14.3. The Morgan fingerprint density at radius 3 is 2.41 bits per heavy atom. The topological polar surface area (TPSA) is 108 Å². The highest BCUT2D eigenvalue weighted by molar-refractivity contribution is 6.34. The van der Waals surface area contributed by atoms with Crippen LogP contribution in [0.4, 0.5) is 10.1 Å². The smallest absolute Gasteiger partial charge is 0.269 e. The SMILES string of the molecule is COc1cc(Cl)c(C(=O)Nc2ccc3c(c2)-c2c(c(C(N)=O)nn2-c2ccc(F)cc2)CC3)cc1OC. The van der Waals surface area contributed by atoms with Crippen LogP contribution in [0.5, 0.6) is 11.5 Å². The summed E-state index contributed by atoms with van der Waals surface area (Å²) in [4.78, 5) is 25.3. The molecule has 0 aliphatic heterocycles. The number of amides is 2. The lowest BCUT2D eigenvalue weighted by Crippen LogP contribution is -2.16. The van der Waals surface area contributed by atoms with E-state index in [2.05, 4.69) is 10.4 Å². The van der Waals surface area contributed by atoms with E-state index in [-0.39, 0.29) is 22.1 Å². The Bertz CT molecular complexity index is 1550. The van der Waals surface area contributed by atoms with Gasteiger partial charge in [0, 0.05) is 22.9 Å². The van der Waals surface area contributed by atoms with Crippen LogP contribution < -0.4 is 20.5 Å². The zero-order valence-corrected chi connectivity index (χ0v) is 20.7. The number of methoxy groups -OCH3 is 2. The molecular weight excluding hydrogens is 499 g/mol. The third kappa shape index (κ3) is 4.38. The lowest BCUT2D eigenvalue weighted by atomic mass is 9.88. The maximum Gasteiger partial charge on any atom is 0.269 e. The number of carbonyl (C=O) groups is 2. The number of hydrogen-bond donors (Lipinski definition) is 2. The predicted octanol–water partition coefficient (Wildman–Crippen LogP) is 4.80. The molecule has 2 amide bonds. The number of primary amides is 1. The first kappa shape index (κ1) is 24.3. The fourth-order valence-corrected chi connectivity index (χ4v) is 4.75. The first-order valence-electron chi connectivity index (χ1n) is 11.3. The molecular formula is C27H22ClFN4O4. The lowest BCUT2D eigenvalue weighted by Gasteiger charge is -2.20. The molecule has 1 aliphatic carbocycles. The standard InChI is InChI=1S/C27H22ClFN4O4/c1-36-22-12-20(21(28)13-23(22)37-2)27(35)31-16-7-3-14-4-10-18-24(26(30)34)32-33(25(18)19(14)11-16)17-8-5-15(29)6-9-17/h3,5-9,11-13H,4,10H2,1-2H3,(H2,30,34)(H,31,35). The number of benzene rings is 3. The Morgan fingerprint density at radius 1 is 1.03 bits per heavy atom. The summed E-state index contributed by atoms with van der Waals surface area (Å²) in [5, 5.41) is 7.54. The van der Waals surface area contributed by atoms with Crippen molar-refractivity contribution in [2.75, 3.05) is 19.5 Å². The van der Waals surface area contributed by atoms with E-state index >= 15 is 0 Å². The molecule has 0 saturated heterocycles. The van der Waals surface area contributed by atoms with Crippen LogP contribution in [0.15, 0.2) is 54.6 Å². The number of hydrogen-bond acceptors (Lipinski definition) is 5. The summed E-state index contributed by atoms with van der Waals surface area (Å²) in [5.74, 6) is -0.696. The summed E-state index contributed by atoms with van der Waals surface area (Å²) >= 11 is 6.33. The van der Waals surface area contributed by atoms with E-state index < -0.39 is 11.8 Å². The Labute approximate surface area is 216 Å². The van der Waals surface area contributed by atoms with E-state index in [9.17, 15) is 14.0 Å². The molecule has 0 unspecified atom stereocenters. The number of nitrogens with one attached hydrogen (secondary N) is 1. The Balaban J connectivity index is 1.57. The molecule has 0 spiro atoms. The van der Waals surface area contributed by atoms with Crippen LogP contribution in [0.1, 0.15) is 32.0 Å². The molecule has 5 rings (SSSR count). The van der Waals surface area contributed by atoms with Crippen molar-refractivity contribution in [2.24, 2.45) is 5.73 Å². The molecule has 3 N–H and O–H groups in total. The second-order valence-electron chi connectivity index (χ2n) is 8.44. The van der Waals surface area contributed by atoms with Gasteiger partial charge in [-0.3, -0.25) is 9.59 Å². The maximum atomic E-state index is 13.6. The van der Waals surface area contributed by atoms with Crippen molar-refractivity contribution in [3.8, 4) is 28.4 Å². The monoisotopic (exact) mass is 520 g/mol. The van der Waals surface area contributed by atoms with Crippen molar-refractivity contribution >= 4 is 29.1 Å². The number of nitrogens with zero attached hydrogens (tertiary/aromatic N) is 2. The highest BCUT2D eigenvalue weighted by Crippen LogP contribution is 2.39. The van der Waals surface area contributed by atoms with Crippen LogP contribution in [-0.2, 0) is 12.8 Å². The normalized spacial score (nSPS) is 11.9. The molecule has 0 atom stereocenters. The quantitative estimate of drug-likeness (QED) is 0.379. The molecule has 3 aromatic carbocycles. The molecule has 10 heteroatoms. The first-order chi connectivity index (χ1) is 17.8. The average Bonchev–Trinajstić information content (AvgIpc) is 3.29. The Hall–Kier alpha value is -4.37. The largest absolute Gasteiger partial charge is 0.493 e. The van der Waals surface area contributed by atoms with Crippen molar-refractivity contribution in [1.82, 2.24) is 9.78 Å². The Kier molecular flexibility index (Phi) is 6.31. The number of aryl methyl sites for hydroxylation is 1. The van der Waals surface area contributed by atoms with Crippen molar-refractivity contribution in [3.63, 3.8) is 0 Å². The molecule has 1 heterocycles. The van der Waals surface area contributed by atoms with Gasteiger partial charge < -0.3 is 20.5 Å². The average molecular weight is 521 g/mol. The number of nitrogens with two attached hydrogens (primary N) is 1. The second kappa shape index (κ2) is 9.59. The summed E-state index contributed by atoms with van der Waals surface area (Å²) in [5.41, 5.74) is 10.2. The van der Waals surface area contributed by atoms with Crippen molar-refractivity contribution in [2.45, 2.75) is 12.8 Å². The van der Waals surface area contributed by atoms with Crippen LogP contribution in [0.2, 0.25) is 5.02 Å². The van der Waals surface area contributed by atoms with Crippen molar-refractivity contribution in [3.05, 3.63) is 87.8 Å². The van der Waals surface area contributed by atoms with Crippen LogP contribution in [0.3, 0.4) is 0 Å². The van der Waals surface area contributed by atoms with Gasteiger partial charge in [0.15, 0.2) is 17.2 Å². The molecule has 0 bridgehead atoms. The van der Waals surface area contributed by atoms with Gasteiger partial charge in [-0.25, -0.2) is 9.07 Å². The van der Waals surface area contributed by atoms with E-state index in [1.807, 2.05) is 12.1 Å². The fourth-order valence-electron chi connectivity index (χ4n) is 4.51. The number of fused-ring (bicyclic) bond motifs is 3. The fraction of sp³-hybridized carbons (Fsp3) is 0.148. The number of anilines is 1. The van der Waals surface area contributed by atoms with Gasteiger partial charge in [0.1, 0.15) is 5.82 Å². The van der Waals surface area contributed by atoms with E-state index in [1.165, 1.54) is 38.5 Å². The Morgan fingerprint density at radius 2 is 1.73 bits per heavy atom. The molecule has 0 fully saturated rings. The highest BCUT2D eigenvalue weighted by Gasteiger charge is 2.28. The third-order valence-corrected chi connectivity index (χ3v) is 6.59. The summed E-state index contributed by atoms with van der Waals surface area (Å²) < 4.78 is 25.7. The van der Waals surface area contributed by atoms with Gasteiger partial charge in [0.25, 0.3) is 11.8 Å². The number of halogens is 2. The lowest BCUT2D eigenvalue weighted by molar-refractivity contribution is 0.0992. The molecule has 1 aliphatic rings. The molecule has 188 valence electrons. The van der Waals surface area contributed by atoms with Gasteiger partial charge in [-0.05, 0) is 60.9 Å². The molecule has 0 radical (unpaired) electrons. The zero-order valence-electron chi connectivity index (χ0n) is 20.0. The molecule has 4 aromatic rings. The summed E-state index contributed by atoms with van der Waals surface area (Å²) in [6.45, 7) is 0. The van der Waals surface area contributed by atoms with Gasteiger partial charge in [-0.15, -0.1) is 0 Å². The first-order valence-corrected chi connectivity index (χ1v) is 11.7. The molecule has 37 heavy (non-hydrogen) atoms. The van der Waals surface area contributed by atoms with E-state index in [4.69, 9.17) is 26.8 Å². The van der Waals surface area contributed by atoms with Gasteiger partial charge >= 0.3 is 0 Å². The molecule has 8 nitrogen and oxygen atoms in total. The summed E-state index contributed by atoms with van der Waals surface area (Å²) in [6.07, 6.45) is 1.22. The van der Waals surface area contributed by atoms with E-state index in [1.54, 1.807) is 22.9 Å². The highest BCUT2D eigenvalue weighted by atomic mass is 35.5. The van der Waals surface area contributed by atoms with Gasteiger partial charge in [0.2, 0.25) is 0 Å². The molecule has 0 saturated carbocycles. The van der Waals surface area contributed by atoms with Crippen LogP contribution in [0, 0.1) is 5.82 Å². The van der Waals surface area contributed by atoms with Crippen LogP contribution in [0.25, 0.3) is 16.9 Å². The number of carbonyl (C=O) groups excluding carboxylic acids is 2. The van der Waals surface area contributed by atoms with Crippen molar-refractivity contribution in [1.29, 1.82) is 0 Å². The summed E-state index contributed by atoms with van der Waals surface area (Å²) in [7, 11) is 2.95. The predicted molar refractivity (Wildman–Crippen MR) is 137 cm³/mol. The maximum absolute atomic E-state index is 13.6.